The molecule has 2 N–H and O–H groups in total. The molecule has 6 heteroatoms. The van der Waals surface area contributed by atoms with Gasteiger partial charge in [0.25, 0.3) is 0 Å². The number of H-pyrrole nitrogens is 2. The van der Waals surface area contributed by atoms with Crippen molar-refractivity contribution in [2.24, 2.45) is 0 Å². The first-order valence-corrected chi connectivity index (χ1v) is 8.67. The zero-order chi connectivity index (χ0) is 18.0. The number of hydrogen-bond acceptors (Lipinski definition) is 2. The summed E-state index contributed by atoms with van der Waals surface area (Å²) in [6.07, 6.45) is 0. The molecule has 5 rings (SSSR count). The van der Waals surface area contributed by atoms with Crippen LogP contribution in [-0.4, -0.2) is 9.97 Å². The summed E-state index contributed by atoms with van der Waals surface area (Å²) in [6, 6.07) is 13.6. The van der Waals surface area contributed by atoms with Gasteiger partial charge in [-0.3, -0.25) is 9.59 Å². The summed E-state index contributed by atoms with van der Waals surface area (Å²) in [6.45, 7) is 0. The van der Waals surface area contributed by atoms with E-state index in [1.165, 1.54) is 0 Å². The predicted octanol–water partition coefficient (Wildman–Crippen LogP) is 4.98. The number of pyridine rings is 2. The zero-order valence-electron chi connectivity index (χ0n) is 13.2. The fraction of sp³-hybridized carbons (Fsp3) is 0. The molecule has 2 heterocycles. The summed E-state index contributed by atoms with van der Waals surface area (Å²) in [7, 11) is 0. The summed E-state index contributed by atoms with van der Waals surface area (Å²) >= 11 is 12.1. The summed E-state index contributed by atoms with van der Waals surface area (Å²) in [5.74, 6) is 0. The number of fused-ring (bicyclic) bond motifs is 4. The van der Waals surface area contributed by atoms with Crippen LogP contribution in [0.4, 0.5) is 0 Å². The number of nitrogens with one attached hydrogen (secondary N) is 2. The third-order valence-electron chi connectivity index (χ3n) is 4.64. The van der Waals surface area contributed by atoms with E-state index in [9.17, 15) is 9.59 Å². The van der Waals surface area contributed by atoms with Gasteiger partial charge in [-0.1, -0.05) is 23.2 Å². The lowest BCUT2D eigenvalue weighted by Gasteiger charge is -2.07. The smallest absolute Gasteiger partial charge is 0.197 e. The molecule has 3 aromatic carbocycles. The van der Waals surface area contributed by atoms with Gasteiger partial charge in [0.15, 0.2) is 10.9 Å². The Morgan fingerprint density at radius 1 is 0.538 bits per heavy atom. The van der Waals surface area contributed by atoms with E-state index in [-0.39, 0.29) is 10.9 Å². The van der Waals surface area contributed by atoms with Gasteiger partial charge in [0, 0.05) is 31.6 Å². The molecule has 126 valence electrons. The molecule has 0 amide bonds. The Labute approximate surface area is 156 Å². The largest absolute Gasteiger partial charge is 0.354 e. The highest BCUT2D eigenvalue weighted by Crippen LogP contribution is 2.23. The molecule has 4 nitrogen and oxygen atoms in total. The quantitative estimate of drug-likeness (QED) is 0.372. The van der Waals surface area contributed by atoms with Crippen molar-refractivity contribution in [2.75, 3.05) is 0 Å². The van der Waals surface area contributed by atoms with Crippen molar-refractivity contribution >= 4 is 66.8 Å². The molecule has 0 saturated heterocycles. The minimum atomic E-state index is -0.112. The Morgan fingerprint density at radius 2 is 0.923 bits per heavy atom. The van der Waals surface area contributed by atoms with E-state index >= 15 is 0 Å². The fourth-order valence-corrected chi connectivity index (χ4v) is 3.74. The average Bonchev–Trinajstić information content (AvgIpc) is 2.61. The van der Waals surface area contributed by atoms with E-state index < -0.39 is 0 Å². The van der Waals surface area contributed by atoms with Gasteiger partial charge in [-0.25, -0.2) is 0 Å². The van der Waals surface area contributed by atoms with Crippen molar-refractivity contribution in [3.63, 3.8) is 0 Å². The van der Waals surface area contributed by atoms with Gasteiger partial charge in [-0.15, -0.1) is 0 Å². The van der Waals surface area contributed by atoms with E-state index in [0.29, 0.717) is 53.7 Å². The summed E-state index contributed by atoms with van der Waals surface area (Å²) in [5.41, 5.74) is 2.24. The Hall–Kier alpha value is -2.82. The summed E-state index contributed by atoms with van der Waals surface area (Å²) in [5, 5.41) is 3.18. The molecule has 0 atom stereocenters. The van der Waals surface area contributed by atoms with Crippen molar-refractivity contribution in [1.82, 2.24) is 9.97 Å². The van der Waals surface area contributed by atoms with Crippen LogP contribution in [0.1, 0.15) is 0 Å². The van der Waals surface area contributed by atoms with Crippen molar-refractivity contribution < 1.29 is 0 Å². The lowest BCUT2D eigenvalue weighted by Crippen LogP contribution is -2.08. The molecule has 0 aliphatic rings. The Balaban J connectivity index is 2.00. The van der Waals surface area contributed by atoms with Gasteiger partial charge in [0.1, 0.15) is 0 Å². The normalized spacial score (nSPS) is 11.8. The molecule has 0 spiro atoms. The molecular formula is C20H10Cl2N2O2. The standard InChI is InChI=1S/C20H10Cl2N2O2/c21-9-1-3-11-15(5-9)23-17-8-14-18(7-13(17)19(11)25)24-16-6-10(22)2-4-12(16)20(14)26/h1-8H,(H,23,25)(H,24,26). The monoisotopic (exact) mass is 380 g/mol. The van der Waals surface area contributed by atoms with Gasteiger partial charge in [-0.2, -0.15) is 0 Å². The van der Waals surface area contributed by atoms with Crippen LogP contribution in [-0.2, 0) is 0 Å². The van der Waals surface area contributed by atoms with Crippen molar-refractivity contribution in [3.05, 3.63) is 79.0 Å². The lowest BCUT2D eigenvalue weighted by atomic mass is 10.1. The van der Waals surface area contributed by atoms with Gasteiger partial charge >= 0.3 is 0 Å². The van der Waals surface area contributed by atoms with Crippen LogP contribution in [0.3, 0.4) is 0 Å². The van der Waals surface area contributed by atoms with E-state index in [4.69, 9.17) is 23.2 Å². The molecular weight excluding hydrogens is 371 g/mol. The maximum absolute atomic E-state index is 12.9. The lowest BCUT2D eigenvalue weighted by molar-refractivity contribution is 1.46. The Morgan fingerprint density at radius 3 is 1.35 bits per heavy atom. The second-order valence-corrected chi connectivity index (χ2v) is 7.10. The highest BCUT2D eigenvalue weighted by Gasteiger charge is 2.11. The molecule has 0 radical (unpaired) electrons. The van der Waals surface area contributed by atoms with Crippen LogP contribution in [0, 0.1) is 0 Å². The first-order valence-electron chi connectivity index (χ1n) is 7.92. The maximum Gasteiger partial charge on any atom is 0.197 e. The molecule has 0 unspecified atom stereocenters. The molecule has 26 heavy (non-hydrogen) atoms. The molecule has 0 aliphatic heterocycles. The molecule has 0 saturated carbocycles. The predicted molar refractivity (Wildman–Crippen MR) is 108 cm³/mol. The van der Waals surface area contributed by atoms with Gasteiger partial charge in [0.2, 0.25) is 0 Å². The molecule has 5 aromatic rings. The van der Waals surface area contributed by atoms with Crippen LogP contribution >= 0.6 is 23.2 Å². The number of aromatic nitrogens is 2. The highest BCUT2D eigenvalue weighted by molar-refractivity contribution is 6.31. The van der Waals surface area contributed by atoms with Crippen LogP contribution in [0.5, 0.6) is 0 Å². The molecule has 0 aliphatic carbocycles. The number of halogens is 2. The number of benzene rings is 3. The minimum absolute atomic E-state index is 0.112. The zero-order valence-corrected chi connectivity index (χ0v) is 14.7. The second-order valence-electron chi connectivity index (χ2n) is 6.23. The maximum atomic E-state index is 12.9. The minimum Gasteiger partial charge on any atom is -0.354 e. The van der Waals surface area contributed by atoms with E-state index in [1.54, 1.807) is 48.5 Å². The van der Waals surface area contributed by atoms with Gasteiger partial charge < -0.3 is 9.97 Å². The second kappa shape index (κ2) is 5.34. The molecule has 2 aromatic heterocycles. The Bertz CT molecular complexity index is 1380. The SMILES string of the molecule is O=c1c2ccc(Cl)cc2[nH]c2cc3c(=O)c4ccc(Cl)cc4[nH]c3cc12. The summed E-state index contributed by atoms with van der Waals surface area (Å²) in [4.78, 5) is 32.2. The van der Waals surface area contributed by atoms with Gasteiger partial charge in [-0.05, 0) is 48.5 Å². The van der Waals surface area contributed by atoms with E-state index in [2.05, 4.69) is 9.97 Å². The first kappa shape index (κ1) is 15.4. The Kier molecular flexibility index (Phi) is 3.17. The fourth-order valence-electron chi connectivity index (χ4n) is 3.40. The average molecular weight is 381 g/mol. The third-order valence-corrected chi connectivity index (χ3v) is 5.11. The van der Waals surface area contributed by atoms with Crippen LogP contribution in [0.2, 0.25) is 10.0 Å². The number of aromatic amines is 2. The van der Waals surface area contributed by atoms with E-state index in [0.717, 1.165) is 0 Å². The third kappa shape index (κ3) is 2.16. The van der Waals surface area contributed by atoms with Crippen LogP contribution in [0.25, 0.3) is 43.6 Å². The van der Waals surface area contributed by atoms with Crippen LogP contribution < -0.4 is 10.9 Å². The van der Waals surface area contributed by atoms with E-state index in [1.807, 2.05) is 0 Å². The van der Waals surface area contributed by atoms with Crippen molar-refractivity contribution in [2.45, 2.75) is 0 Å². The molecule has 0 fully saturated rings. The van der Waals surface area contributed by atoms with Crippen LogP contribution in [0.15, 0.2) is 58.1 Å². The molecule has 0 bridgehead atoms. The van der Waals surface area contributed by atoms with Crippen molar-refractivity contribution in [3.8, 4) is 0 Å². The highest BCUT2D eigenvalue weighted by atomic mass is 35.5. The van der Waals surface area contributed by atoms with Gasteiger partial charge in [0.05, 0.1) is 22.1 Å². The first-order chi connectivity index (χ1) is 12.5. The number of rotatable bonds is 0. The summed E-state index contributed by atoms with van der Waals surface area (Å²) < 4.78 is 0. The number of hydrogen-bond donors (Lipinski definition) is 2. The van der Waals surface area contributed by atoms with Crippen molar-refractivity contribution in [1.29, 1.82) is 0 Å². The topological polar surface area (TPSA) is 65.7 Å².